The SMILES string of the molecule is CCCCCCCCCCCC(CCCCCCCCCC(O)CC)S(=O)(=O)O. The van der Waals surface area contributed by atoms with Crippen LogP contribution in [0.25, 0.3) is 0 Å². The van der Waals surface area contributed by atoms with Gasteiger partial charge in [-0.3, -0.25) is 4.55 Å². The fraction of sp³-hybridized carbons (Fsp3) is 1.00. The Kier molecular flexibility index (Phi) is 19.7. The summed E-state index contributed by atoms with van der Waals surface area (Å²) in [5, 5.41) is 8.96. The predicted molar refractivity (Wildman–Crippen MR) is 125 cm³/mol. The molecule has 0 saturated carbocycles. The van der Waals surface area contributed by atoms with Gasteiger partial charge in [-0.15, -0.1) is 0 Å². The Balaban J connectivity index is 3.68. The van der Waals surface area contributed by atoms with Crippen molar-refractivity contribution in [2.45, 2.75) is 154 Å². The van der Waals surface area contributed by atoms with Gasteiger partial charge in [-0.2, -0.15) is 8.42 Å². The third-order valence-electron chi connectivity index (χ3n) is 6.09. The number of rotatable bonds is 22. The fourth-order valence-electron chi connectivity index (χ4n) is 3.96. The molecule has 0 fully saturated rings. The van der Waals surface area contributed by atoms with Crippen LogP contribution in [0.2, 0.25) is 0 Å². The van der Waals surface area contributed by atoms with E-state index in [2.05, 4.69) is 6.92 Å². The lowest BCUT2D eigenvalue weighted by atomic mass is 10.0. The minimum atomic E-state index is -3.91. The standard InChI is InChI=1S/C24H50O4S/c1-3-5-6-7-8-9-12-15-18-21-24(29(26,27)28)22-19-16-13-10-11-14-17-20-23(25)4-2/h23-25H,3-22H2,1-2H3,(H,26,27,28). The van der Waals surface area contributed by atoms with Crippen molar-refractivity contribution >= 4 is 10.1 Å². The molecule has 4 nitrogen and oxygen atoms in total. The van der Waals surface area contributed by atoms with Gasteiger partial charge in [0.25, 0.3) is 10.1 Å². The van der Waals surface area contributed by atoms with Gasteiger partial charge in [0, 0.05) is 0 Å². The fourth-order valence-corrected chi connectivity index (χ4v) is 4.89. The lowest BCUT2D eigenvalue weighted by molar-refractivity contribution is 0.156. The highest BCUT2D eigenvalue weighted by atomic mass is 32.2. The first-order valence-corrected chi connectivity index (χ1v) is 14.1. The highest BCUT2D eigenvalue weighted by Gasteiger charge is 2.21. The van der Waals surface area contributed by atoms with Crippen molar-refractivity contribution in [1.29, 1.82) is 0 Å². The summed E-state index contributed by atoms with van der Waals surface area (Å²) >= 11 is 0. The van der Waals surface area contributed by atoms with Crippen LogP contribution in [0.15, 0.2) is 0 Å². The highest BCUT2D eigenvalue weighted by Crippen LogP contribution is 2.19. The van der Waals surface area contributed by atoms with E-state index < -0.39 is 15.4 Å². The Bertz CT molecular complexity index is 436. The normalized spacial score (nSPS) is 14.2. The predicted octanol–water partition coefficient (Wildman–Crippen LogP) is 7.45. The molecule has 0 heterocycles. The monoisotopic (exact) mass is 434 g/mol. The number of hydrogen-bond donors (Lipinski definition) is 2. The summed E-state index contributed by atoms with van der Waals surface area (Å²) in [5.41, 5.74) is 0. The molecule has 0 radical (unpaired) electrons. The molecule has 0 aliphatic carbocycles. The molecular weight excluding hydrogens is 384 g/mol. The lowest BCUT2D eigenvalue weighted by Crippen LogP contribution is -2.20. The molecule has 29 heavy (non-hydrogen) atoms. The molecule has 0 aromatic carbocycles. The molecule has 176 valence electrons. The molecule has 0 rings (SSSR count). The average Bonchev–Trinajstić information content (AvgIpc) is 2.68. The second-order valence-corrected chi connectivity index (χ2v) is 10.6. The van der Waals surface area contributed by atoms with Crippen molar-refractivity contribution in [3.05, 3.63) is 0 Å². The quantitative estimate of drug-likeness (QED) is 0.137. The van der Waals surface area contributed by atoms with Crippen molar-refractivity contribution in [3.8, 4) is 0 Å². The van der Waals surface area contributed by atoms with Crippen molar-refractivity contribution in [3.63, 3.8) is 0 Å². The van der Waals surface area contributed by atoms with E-state index in [0.29, 0.717) is 12.8 Å². The van der Waals surface area contributed by atoms with Crippen molar-refractivity contribution in [2.75, 3.05) is 0 Å². The molecule has 0 aromatic heterocycles. The Morgan fingerprint density at radius 3 is 1.28 bits per heavy atom. The molecule has 0 aliphatic heterocycles. The maximum Gasteiger partial charge on any atom is 0.267 e. The van der Waals surface area contributed by atoms with E-state index in [1.165, 1.54) is 64.2 Å². The van der Waals surface area contributed by atoms with Crippen LogP contribution in [-0.2, 0) is 10.1 Å². The molecule has 0 saturated heterocycles. The van der Waals surface area contributed by atoms with Crippen LogP contribution in [0, 0.1) is 0 Å². The highest BCUT2D eigenvalue weighted by molar-refractivity contribution is 7.86. The van der Waals surface area contributed by atoms with Crippen LogP contribution >= 0.6 is 0 Å². The topological polar surface area (TPSA) is 74.6 Å². The molecule has 0 spiro atoms. The Morgan fingerprint density at radius 2 is 0.931 bits per heavy atom. The molecule has 0 bridgehead atoms. The Hall–Kier alpha value is -0.130. The van der Waals surface area contributed by atoms with Crippen molar-refractivity contribution in [1.82, 2.24) is 0 Å². The zero-order valence-electron chi connectivity index (χ0n) is 19.4. The second-order valence-electron chi connectivity index (χ2n) is 8.87. The largest absolute Gasteiger partial charge is 0.393 e. The molecule has 0 aromatic rings. The van der Waals surface area contributed by atoms with E-state index in [0.717, 1.165) is 51.4 Å². The van der Waals surface area contributed by atoms with Crippen LogP contribution in [0.3, 0.4) is 0 Å². The van der Waals surface area contributed by atoms with E-state index in [1.807, 2.05) is 6.92 Å². The molecular formula is C24H50O4S. The molecule has 0 aliphatic rings. The number of aliphatic hydroxyl groups excluding tert-OH is 1. The molecule has 5 heteroatoms. The van der Waals surface area contributed by atoms with Gasteiger partial charge in [0.1, 0.15) is 0 Å². The van der Waals surface area contributed by atoms with E-state index in [1.54, 1.807) is 0 Å². The van der Waals surface area contributed by atoms with Crippen molar-refractivity contribution < 1.29 is 18.1 Å². The van der Waals surface area contributed by atoms with Crippen LogP contribution in [0.5, 0.6) is 0 Å². The minimum Gasteiger partial charge on any atom is -0.393 e. The summed E-state index contributed by atoms with van der Waals surface area (Å²) in [6, 6.07) is 0. The third kappa shape index (κ3) is 19.6. The lowest BCUT2D eigenvalue weighted by Gasteiger charge is -2.13. The van der Waals surface area contributed by atoms with E-state index >= 15 is 0 Å². The first-order valence-electron chi connectivity index (χ1n) is 12.6. The Labute approximate surface area is 182 Å². The molecule has 2 atom stereocenters. The van der Waals surface area contributed by atoms with Crippen LogP contribution in [0.4, 0.5) is 0 Å². The summed E-state index contributed by atoms with van der Waals surface area (Å²) in [4.78, 5) is 0. The summed E-state index contributed by atoms with van der Waals surface area (Å²) < 4.78 is 32.8. The average molecular weight is 435 g/mol. The Morgan fingerprint density at radius 1 is 0.586 bits per heavy atom. The number of aliphatic hydroxyl groups is 1. The summed E-state index contributed by atoms with van der Waals surface area (Å²) in [6.07, 6.45) is 21.5. The maximum atomic E-state index is 11.7. The second kappa shape index (κ2) is 19.8. The zero-order chi connectivity index (χ0) is 21.8. The third-order valence-corrected chi connectivity index (χ3v) is 7.40. The summed E-state index contributed by atoms with van der Waals surface area (Å²) in [5.74, 6) is 0. The maximum absolute atomic E-state index is 11.7. The molecule has 2 N–H and O–H groups in total. The summed E-state index contributed by atoms with van der Waals surface area (Å²) in [7, 11) is -3.91. The van der Waals surface area contributed by atoms with Gasteiger partial charge >= 0.3 is 0 Å². The van der Waals surface area contributed by atoms with Gasteiger partial charge < -0.3 is 5.11 Å². The number of hydrogen-bond acceptors (Lipinski definition) is 3. The van der Waals surface area contributed by atoms with Crippen LogP contribution in [0.1, 0.15) is 142 Å². The van der Waals surface area contributed by atoms with E-state index in [-0.39, 0.29) is 6.10 Å². The number of unbranched alkanes of at least 4 members (excludes halogenated alkanes) is 14. The first kappa shape index (κ1) is 28.9. The van der Waals surface area contributed by atoms with Gasteiger partial charge in [0.05, 0.1) is 11.4 Å². The van der Waals surface area contributed by atoms with Gasteiger partial charge in [-0.25, -0.2) is 0 Å². The molecule has 0 amide bonds. The van der Waals surface area contributed by atoms with Gasteiger partial charge in [0.2, 0.25) is 0 Å². The first-order chi connectivity index (χ1) is 13.9. The molecule has 2 unspecified atom stereocenters. The van der Waals surface area contributed by atoms with Gasteiger partial charge in [-0.1, -0.05) is 117 Å². The van der Waals surface area contributed by atoms with E-state index in [4.69, 9.17) is 0 Å². The van der Waals surface area contributed by atoms with Crippen molar-refractivity contribution in [2.24, 2.45) is 0 Å². The smallest absolute Gasteiger partial charge is 0.267 e. The van der Waals surface area contributed by atoms with Crippen LogP contribution < -0.4 is 0 Å². The minimum absolute atomic E-state index is 0.141. The van der Waals surface area contributed by atoms with Gasteiger partial charge in [-0.05, 0) is 25.7 Å². The zero-order valence-corrected chi connectivity index (χ0v) is 20.2. The van der Waals surface area contributed by atoms with Gasteiger partial charge in [0.15, 0.2) is 0 Å². The van der Waals surface area contributed by atoms with Crippen LogP contribution in [-0.4, -0.2) is 29.4 Å². The summed E-state index contributed by atoms with van der Waals surface area (Å²) in [6.45, 7) is 4.24. The van der Waals surface area contributed by atoms with E-state index in [9.17, 15) is 18.1 Å².